The van der Waals surface area contributed by atoms with Crippen LogP contribution in [0.2, 0.25) is 0 Å². The number of rotatable bonds is 4. The highest BCUT2D eigenvalue weighted by Crippen LogP contribution is 2.31. The van der Waals surface area contributed by atoms with Crippen LogP contribution in [-0.4, -0.2) is 47.2 Å². The third-order valence-electron chi connectivity index (χ3n) is 5.55. The van der Waals surface area contributed by atoms with Crippen LogP contribution in [-0.2, 0) is 27.7 Å². The smallest absolute Gasteiger partial charge is 0.243 e. The zero-order valence-electron chi connectivity index (χ0n) is 16.1. The highest BCUT2D eigenvalue weighted by Gasteiger charge is 2.34. The number of benzene rings is 1. The Labute approximate surface area is 169 Å². The third-order valence-corrected chi connectivity index (χ3v) is 7.53. The lowest BCUT2D eigenvalue weighted by Gasteiger charge is -2.25. The van der Waals surface area contributed by atoms with Crippen molar-refractivity contribution in [2.24, 2.45) is 0 Å². The minimum absolute atomic E-state index is 0.165. The van der Waals surface area contributed by atoms with E-state index in [0.29, 0.717) is 53.9 Å². The molecular weight excluding hydrogens is 392 g/mol. The predicted molar refractivity (Wildman–Crippen MR) is 104 cm³/mol. The molecule has 0 N–H and O–H groups in total. The molecule has 1 unspecified atom stereocenters. The summed E-state index contributed by atoms with van der Waals surface area (Å²) < 4.78 is 41.3. The number of ether oxygens (including phenoxy) is 1. The molecule has 1 fully saturated rings. The molecule has 1 saturated heterocycles. The molecule has 152 valence electrons. The topological polar surface area (TPSA) is 90.5 Å². The molecular formula is C20H22N4O4S. The van der Waals surface area contributed by atoms with Gasteiger partial charge < -0.3 is 9.15 Å². The second kappa shape index (κ2) is 7.08. The van der Waals surface area contributed by atoms with Crippen LogP contribution < -0.4 is 0 Å². The van der Waals surface area contributed by atoms with Gasteiger partial charge in [0.2, 0.25) is 10.0 Å². The molecule has 0 radical (unpaired) electrons. The number of nitrogens with zero attached hydrogens (tertiary/aromatic N) is 4. The minimum Gasteiger partial charge on any atom is -0.445 e. The molecule has 0 bridgehead atoms. The second-order valence-corrected chi connectivity index (χ2v) is 9.38. The molecule has 1 aromatic carbocycles. The molecule has 2 aliphatic heterocycles. The van der Waals surface area contributed by atoms with Crippen molar-refractivity contribution in [3.63, 3.8) is 0 Å². The standard InChI is InChI=1S/C20H22N4O4S/c1-14-3-4-16(24-8-2-7-21-24)11-19(14)29(25,26)23-9-5-18-17(12-23)22-20(28-18)15-6-10-27-13-15/h2-4,7-8,11,15H,5-6,9-10,12-13H2,1H3. The first-order chi connectivity index (χ1) is 14.0. The van der Waals surface area contributed by atoms with E-state index in [2.05, 4.69) is 10.1 Å². The van der Waals surface area contributed by atoms with Gasteiger partial charge in [0.05, 0.1) is 35.3 Å². The second-order valence-electron chi connectivity index (χ2n) is 7.47. The predicted octanol–water partition coefficient (Wildman–Crippen LogP) is 2.42. The van der Waals surface area contributed by atoms with Crippen LogP contribution in [0.1, 0.15) is 35.2 Å². The van der Waals surface area contributed by atoms with Gasteiger partial charge in [-0.15, -0.1) is 0 Å². The van der Waals surface area contributed by atoms with Crippen LogP contribution >= 0.6 is 0 Å². The van der Waals surface area contributed by atoms with Crippen LogP contribution in [0.3, 0.4) is 0 Å². The van der Waals surface area contributed by atoms with Crippen molar-refractivity contribution in [2.45, 2.75) is 37.1 Å². The SMILES string of the molecule is Cc1ccc(-n2cccn2)cc1S(=O)(=O)N1CCc2oc(C3CCOC3)nc2C1. The molecule has 3 aromatic rings. The Balaban J connectivity index is 1.45. The van der Waals surface area contributed by atoms with Gasteiger partial charge in [0, 0.05) is 32.0 Å². The van der Waals surface area contributed by atoms with Gasteiger partial charge in [-0.2, -0.15) is 9.40 Å². The maximum atomic E-state index is 13.4. The van der Waals surface area contributed by atoms with Crippen LogP contribution in [0, 0.1) is 6.92 Å². The Kier molecular flexibility index (Phi) is 4.53. The van der Waals surface area contributed by atoms with Crippen molar-refractivity contribution in [3.8, 4) is 5.69 Å². The monoisotopic (exact) mass is 414 g/mol. The van der Waals surface area contributed by atoms with Gasteiger partial charge >= 0.3 is 0 Å². The third kappa shape index (κ3) is 3.29. The van der Waals surface area contributed by atoms with Crippen LogP contribution in [0.4, 0.5) is 0 Å². The maximum absolute atomic E-state index is 13.4. The average Bonchev–Trinajstić information content (AvgIpc) is 3.48. The van der Waals surface area contributed by atoms with Crippen LogP contribution in [0.5, 0.6) is 0 Å². The van der Waals surface area contributed by atoms with E-state index < -0.39 is 10.0 Å². The number of oxazole rings is 1. The summed E-state index contributed by atoms with van der Waals surface area (Å²) in [4.78, 5) is 4.90. The zero-order valence-corrected chi connectivity index (χ0v) is 16.9. The van der Waals surface area contributed by atoms with E-state index in [1.165, 1.54) is 4.31 Å². The summed E-state index contributed by atoms with van der Waals surface area (Å²) in [5, 5.41) is 4.20. The largest absolute Gasteiger partial charge is 0.445 e. The summed E-state index contributed by atoms with van der Waals surface area (Å²) in [6.07, 6.45) is 4.86. The summed E-state index contributed by atoms with van der Waals surface area (Å²) in [7, 11) is -3.67. The molecule has 0 amide bonds. The van der Waals surface area contributed by atoms with Gasteiger partial charge in [0.25, 0.3) is 0 Å². The quantitative estimate of drug-likeness (QED) is 0.651. The van der Waals surface area contributed by atoms with E-state index in [1.807, 2.05) is 19.1 Å². The summed E-state index contributed by atoms with van der Waals surface area (Å²) >= 11 is 0. The molecule has 9 heteroatoms. The number of aromatic nitrogens is 3. The molecule has 29 heavy (non-hydrogen) atoms. The molecule has 1 atom stereocenters. The van der Waals surface area contributed by atoms with Crippen molar-refractivity contribution in [3.05, 3.63) is 59.6 Å². The van der Waals surface area contributed by atoms with E-state index in [9.17, 15) is 8.42 Å². The molecule has 0 aliphatic carbocycles. The van der Waals surface area contributed by atoms with Gasteiger partial charge in [-0.3, -0.25) is 0 Å². The summed E-state index contributed by atoms with van der Waals surface area (Å²) in [6.45, 7) is 3.73. The van der Waals surface area contributed by atoms with E-state index in [0.717, 1.165) is 12.2 Å². The average molecular weight is 414 g/mol. The Morgan fingerprint density at radius 2 is 2.17 bits per heavy atom. The first-order valence-electron chi connectivity index (χ1n) is 9.69. The Morgan fingerprint density at radius 1 is 1.28 bits per heavy atom. The Hall–Kier alpha value is -2.49. The fraction of sp³-hybridized carbons (Fsp3) is 0.400. The number of sulfonamides is 1. The first-order valence-corrected chi connectivity index (χ1v) is 11.1. The van der Waals surface area contributed by atoms with E-state index in [-0.39, 0.29) is 12.5 Å². The molecule has 5 rings (SSSR count). The van der Waals surface area contributed by atoms with E-state index in [4.69, 9.17) is 9.15 Å². The Bertz CT molecular complexity index is 1130. The lowest BCUT2D eigenvalue weighted by molar-refractivity contribution is 0.190. The first kappa shape index (κ1) is 18.5. The van der Waals surface area contributed by atoms with Crippen molar-refractivity contribution in [2.75, 3.05) is 19.8 Å². The van der Waals surface area contributed by atoms with Crippen molar-refractivity contribution >= 4 is 10.0 Å². The highest BCUT2D eigenvalue weighted by atomic mass is 32.2. The van der Waals surface area contributed by atoms with Gasteiger partial charge in [-0.1, -0.05) is 6.07 Å². The number of fused-ring (bicyclic) bond motifs is 1. The summed E-state index contributed by atoms with van der Waals surface area (Å²) in [5.74, 6) is 1.63. The molecule has 0 saturated carbocycles. The number of hydrogen-bond donors (Lipinski definition) is 0. The van der Waals surface area contributed by atoms with Crippen LogP contribution in [0.15, 0.2) is 46.0 Å². The Morgan fingerprint density at radius 3 is 2.93 bits per heavy atom. The molecule has 4 heterocycles. The van der Waals surface area contributed by atoms with Gasteiger partial charge in [-0.05, 0) is 37.1 Å². The fourth-order valence-electron chi connectivity index (χ4n) is 3.87. The lowest BCUT2D eigenvalue weighted by Crippen LogP contribution is -2.36. The lowest BCUT2D eigenvalue weighted by atomic mass is 10.1. The maximum Gasteiger partial charge on any atom is 0.243 e. The zero-order chi connectivity index (χ0) is 20.0. The van der Waals surface area contributed by atoms with Gasteiger partial charge in [0.1, 0.15) is 5.76 Å². The number of aryl methyl sites for hydroxylation is 1. The fourth-order valence-corrected chi connectivity index (χ4v) is 5.52. The van der Waals surface area contributed by atoms with E-state index in [1.54, 1.807) is 29.2 Å². The van der Waals surface area contributed by atoms with Crippen molar-refractivity contribution < 1.29 is 17.6 Å². The minimum atomic E-state index is -3.67. The number of hydrogen-bond acceptors (Lipinski definition) is 6. The summed E-state index contributed by atoms with van der Waals surface area (Å²) in [6, 6.07) is 7.16. The van der Waals surface area contributed by atoms with Gasteiger partial charge in [0.15, 0.2) is 5.89 Å². The molecule has 2 aromatic heterocycles. The van der Waals surface area contributed by atoms with Crippen molar-refractivity contribution in [1.82, 2.24) is 19.1 Å². The molecule has 8 nitrogen and oxygen atoms in total. The van der Waals surface area contributed by atoms with E-state index >= 15 is 0 Å². The normalized spacial score (nSPS) is 20.1. The van der Waals surface area contributed by atoms with Crippen LogP contribution in [0.25, 0.3) is 5.69 Å². The summed E-state index contributed by atoms with van der Waals surface area (Å²) in [5.41, 5.74) is 2.13. The molecule has 2 aliphatic rings. The highest BCUT2D eigenvalue weighted by molar-refractivity contribution is 7.89. The molecule has 0 spiro atoms. The van der Waals surface area contributed by atoms with Crippen molar-refractivity contribution in [1.29, 1.82) is 0 Å². The van der Waals surface area contributed by atoms with Gasteiger partial charge in [-0.25, -0.2) is 18.1 Å².